The van der Waals surface area contributed by atoms with Crippen LogP contribution in [0.15, 0.2) is 36.5 Å². The van der Waals surface area contributed by atoms with Gasteiger partial charge in [-0.1, -0.05) is 6.07 Å². The van der Waals surface area contributed by atoms with Crippen molar-refractivity contribution in [3.8, 4) is 0 Å². The maximum absolute atomic E-state index is 14.3. The van der Waals surface area contributed by atoms with E-state index in [1.54, 1.807) is 6.20 Å². The fourth-order valence-corrected chi connectivity index (χ4v) is 7.03. The number of pyridine rings is 1. The summed E-state index contributed by atoms with van der Waals surface area (Å²) in [7, 11) is 0. The number of nitrogens with one attached hydrogen (secondary N) is 1. The summed E-state index contributed by atoms with van der Waals surface area (Å²) in [6.45, 7) is 1.34. The average molecular weight is 544 g/mol. The first-order valence-electron chi connectivity index (χ1n) is 13.8. The summed E-state index contributed by atoms with van der Waals surface area (Å²) in [6.07, 6.45) is 0.500. The highest BCUT2D eigenvalue weighted by molar-refractivity contribution is 6.00. The van der Waals surface area contributed by atoms with Gasteiger partial charge in [0.1, 0.15) is 5.82 Å². The van der Waals surface area contributed by atoms with E-state index in [4.69, 9.17) is 9.47 Å². The van der Waals surface area contributed by atoms with E-state index < -0.39 is 24.8 Å². The van der Waals surface area contributed by atoms with Gasteiger partial charge in [-0.3, -0.25) is 9.69 Å². The third-order valence-corrected chi connectivity index (χ3v) is 8.91. The van der Waals surface area contributed by atoms with Crippen LogP contribution in [0.5, 0.6) is 0 Å². The van der Waals surface area contributed by atoms with E-state index in [0.29, 0.717) is 37.9 Å². The van der Waals surface area contributed by atoms with E-state index in [1.165, 1.54) is 4.90 Å². The lowest BCUT2D eigenvalue weighted by Gasteiger charge is -2.48. The van der Waals surface area contributed by atoms with Crippen molar-refractivity contribution in [3.63, 3.8) is 0 Å². The number of carbonyl (C=O) groups is 1. The van der Waals surface area contributed by atoms with Gasteiger partial charge in [-0.2, -0.15) is 13.2 Å². The first kappa shape index (κ1) is 25.1. The molecule has 11 heteroatoms. The molecule has 1 aromatic carbocycles. The molecule has 0 saturated carbocycles. The molecule has 8 rings (SSSR count). The smallest absolute Gasteiger partial charge is 0.378 e. The number of fused-ring (bicyclic) bond motifs is 7. The van der Waals surface area contributed by atoms with Crippen molar-refractivity contribution in [2.45, 2.75) is 62.6 Å². The van der Waals surface area contributed by atoms with Crippen LogP contribution >= 0.6 is 0 Å². The van der Waals surface area contributed by atoms with E-state index >= 15 is 0 Å². The molecule has 8 nitrogen and oxygen atoms in total. The van der Waals surface area contributed by atoms with Gasteiger partial charge in [0.2, 0.25) is 5.91 Å². The van der Waals surface area contributed by atoms with Crippen LogP contribution in [0, 0.1) is 5.92 Å². The molecular formula is C28H32F3N5O3. The molecule has 1 aromatic heterocycles. The summed E-state index contributed by atoms with van der Waals surface area (Å²) in [5.74, 6) is 0.263. The lowest BCUT2D eigenvalue weighted by molar-refractivity contribution is -0.184. The van der Waals surface area contributed by atoms with Crippen molar-refractivity contribution >= 4 is 28.8 Å². The number of hydrogen-bond donors (Lipinski definition) is 1. The zero-order valence-electron chi connectivity index (χ0n) is 21.6. The zero-order chi connectivity index (χ0) is 26.7. The van der Waals surface area contributed by atoms with Crippen LogP contribution in [0.3, 0.4) is 0 Å². The third-order valence-electron chi connectivity index (χ3n) is 8.91. The Labute approximate surface area is 225 Å². The summed E-state index contributed by atoms with van der Waals surface area (Å²) in [5, 5.41) is 3.43. The Morgan fingerprint density at radius 2 is 1.90 bits per heavy atom. The Kier molecular flexibility index (Phi) is 6.20. The standard InChI is InChI=1S/C28H32F3N5O3/c29-28(30,31)16-36-21-8-18(9-22(36)14-38-13-21)27(37)35-11-17-2-1-7-32-26(17)33-24-6-4-19(10-25(24)35)34-12-23-5-3-20(34)15-39-23/h1-2,4,6-7,10,18,20-23H,3,5,8-9,11-16H2,(H,32,33)/t18?,20-,21-,22+,23-/m1/s1. The van der Waals surface area contributed by atoms with Crippen LogP contribution in [0.2, 0.25) is 0 Å². The monoisotopic (exact) mass is 543 g/mol. The van der Waals surface area contributed by atoms with Gasteiger partial charge in [0.15, 0.2) is 0 Å². The van der Waals surface area contributed by atoms with Gasteiger partial charge in [0.05, 0.1) is 56.4 Å². The van der Waals surface area contributed by atoms with E-state index in [1.807, 2.05) is 23.1 Å². The number of halogens is 3. The fraction of sp³-hybridized carbons (Fsp3) is 0.571. The van der Waals surface area contributed by atoms with Crippen LogP contribution in [0.4, 0.5) is 36.1 Å². The number of ether oxygens (including phenoxy) is 2. The van der Waals surface area contributed by atoms with E-state index in [-0.39, 0.29) is 31.1 Å². The molecule has 5 saturated heterocycles. The number of morpholine rings is 2. The Hall–Kier alpha value is -2.89. The zero-order valence-corrected chi connectivity index (χ0v) is 21.6. The van der Waals surface area contributed by atoms with Gasteiger partial charge in [0.25, 0.3) is 0 Å². The summed E-state index contributed by atoms with van der Waals surface area (Å²) in [4.78, 5) is 24.5. The molecule has 1 unspecified atom stereocenters. The van der Waals surface area contributed by atoms with E-state index in [9.17, 15) is 18.0 Å². The second kappa shape index (κ2) is 9.64. The van der Waals surface area contributed by atoms with Crippen LogP contribution in [0.25, 0.3) is 0 Å². The Bertz CT molecular complexity index is 1240. The lowest BCUT2D eigenvalue weighted by atomic mass is 9.83. The highest BCUT2D eigenvalue weighted by Crippen LogP contribution is 2.42. The molecular weight excluding hydrogens is 511 g/mol. The molecule has 1 N–H and O–H groups in total. The van der Waals surface area contributed by atoms with Gasteiger partial charge in [0, 0.05) is 42.0 Å². The van der Waals surface area contributed by atoms with Crippen molar-refractivity contribution in [1.29, 1.82) is 0 Å². The summed E-state index contributed by atoms with van der Waals surface area (Å²) < 4.78 is 51.5. The van der Waals surface area contributed by atoms with Crippen molar-refractivity contribution < 1.29 is 27.4 Å². The van der Waals surface area contributed by atoms with Crippen molar-refractivity contribution in [1.82, 2.24) is 9.88 Å². The summed E-state index contributed by atoms with van der Waals surface area (Å²) in [6, 6.07) is 9.43. The minimum absolute atomic E-state index is 0.0565. The minimum atomic E-state index is -4.29. The normalized spacial score (nSPS) is 30.3. The molecule has 39 heavy (non-hydrogen) atoms. The van der Waals surface area contributed by atoms with Crippen LogP contribution in [0.1, 0.15) is 31.2 Å². The predicted octanol–water partition coefficient (Wildman–Crippen LogP) is 4.08. The topological polar surface area (TPSA) is 70.2 Å². The molecule has 7 heterocycles. The molecule has 6 aliphatic rings. The van der Waals surface area contributed by atoms with Gasteiger partial charge in [-0.05, 0) is 49.9 Å². The molecule has 0 aliphatic carbocycles. The number of benzene rings is 1. The molecule has 2 aromatic rings. The Balaban J connectivity index is 1.21. The average Bonchev–Trinajstić information content (AvgIpc) is 3.08. The maximum Gasteiger partial charge on any atom is 0.401 e. The van der Waals surface area contributed by atoms with Gasteiger partial charge >= 0.3 is 6.18 Å². The van der Waals surface area contributed by atoms with Crippen LogP contribution in [-0.2, 0) is 20.8 Å². The SMILES string of the molecule is O=C(C1C[C@H]2COC[C@@H](C1)N2CC(F)(F)F)N1Cc2cccnc2Nc2ccc(N3C[C@H]4CC[C@@H]3CO4)cc21. The van der Waals surface area contributed by atoms with Crippen LogP contribution in [-0.4, -0.2) is 79.1 Å². The number of nitrogens with zero attached hydrogens (tertiary/aromatic N) is 4. The lowest BCUT2D eigenvalue weighted by Crippen LogP contribution is -2.60. The number of piperidine rings is 2. The van der Waals surface area contributed by atoms with Crippen molar-refractivity contribution in [3.05, 3.63) is 42.1 Å². The number of rotatable bonds is 3. The fourth-order valence-electron chi connectivity index (χ4n) is 7.03. The van der Waals surface area contributed by atoms with E-state index in [2.05, 4.69) is 27.3 Å². The molecule has 0 radical (unpaired) electrons. The van der Waals surface area contributed by atoms with Crippen molar-refractivity contribution in [2.75, 3.05) is 48.0 Å². The minimum Gasteiger partial charge on any atom is -0.378 e. The summed E-state index contributed by atoms with van der Waals surface area (Å²) >= 11 is 0. The highest BCUT2D eigenvalue weighted by Gasteiger charge is 2.47. The number of alkyl halides is 3. The molecule has 5 atom stereocenters. The third kappa shape index (κ3) is 4.74. The number of hydrogen-bond acceptors (Lipinski definition) is 7. The van der Waals surface area contributed by atoms with Gasteiger partial charge in [-0.25, -0.2) is 4.98 Å². The van der Waals surface area contributed by atoms with Gasteiger partial charge in [-0.15, -0.1) is 0 Å². The largest absolute Gasteiger partial charge is 0.401 e. The number of anilines is 4. The summed E-state index contributed by atoms with van der Waals surface area (Å²) in [5.41, 5.74) is 3.51. The number of aromatic nitrogens is 1. The quantitative estimate of drug-likeness (QED) is 0.626. The molecule has 0 spiro atoms. The molecule has 6 aliphatic heterocycles. The molecule has 4 bridgehead atoms. The maximum atomic E-state index is 14.3. The Morgan fingerprint density at radius 3 is 2.59 bits per heavy atom. The molecule has 5 fully saturated rings. The van der Waals surface area contributed by atoms with Crippen molar-refractivity contribution in [2.24, 2.45) is 5.92 Å². The predicted molar refractivity (Wildman–Crippen MR) is 139 cm³/mol. The highest BCUT2D eigenvalue weighted by atomic mass is 19.4. The Morgan fingerprint density at radius 1 is 1.08 bits per heavy atom. The van der Waals surface area contributed by atoms with Crippen LogP contribution < -0.4 is 15.1 Å². The first-order valence-corrected chi connectivity index (χ1v) is 13.8. The second-order valence-electron chi connectivity index (χ2n) is 11.4. The van der Waals surface area contributed by atoms with Gasteiger partial charge < -0.3 is 24.6 Å². The number of amides is 1. The number of carbonyl (C=O) groups excluding carboxylic acids is 1. The molecule has 208 valence electrons. The first-order chi connectivity index (χ1) is 18.8. The molecule has 1 amide bonds. The second-order valence-corrected chi connectivity index (χ2v) is 11.4. The van der Waals surface area contributed by atoms with E-state index in [0.717, 1.165) is 42.0 Å².